The molecule has 3 aromatic heterocycles. The van der Waals surface area contributed by atoms with Crippen LogP contribution in [0.15, 0.2) is 30.9 Å². The van der Waals surface area contributed by atoms with Gasteiger partial charge in [0, 0.05) is 38.7 Å². The third-order valence-corrected chi connectivity index (χ3v) is 6.61. The molecule has 1 unspecified atom stereocenters. The molecular weight excluding hydrogens is 468 g/mol. The number of anilines is 1. The predicted octanol–water partition coefficient (Wildman–Crippen LogP) is 4.21. The molecule has 1 aromatic carbocycles. The Bertz CT molecular complexity index is 1280. The highest BCUT2D eigenvalue weighted by Gasteiger charge is 2.17. The van der Waals surface area contributed by atoms with Crippen molar-refractivity contribution in [2.75, 3.05) is 25.9 Å². The van der Waals surface area contributed by atoms with Gasteiger partial charge in [-0.1, -0.05) is 0 Å². The van der Waals surface area contributed by atoms with Crippen molar-refractivity contribution in [1.29, 1.82) is 0 Å². The number of nitrogens with zero attached hydrogens (tertiary/aromatic N) is 6. The lowest BCUT2D eigenvalue weighted by atomic mass is 10.1. The van der Waals surface area contributed by atoms with Gasteiger partial charge in [-0.25, -0.2) is 19.9 Å². The smallest absolute Gasteiger partial charge is 0.165 e. The molecule has 0 saturated heterocycles. The number of nitrogen functional groups attached to an aromatic ring is 1. The van der Waals surface area contributed by atoms with E-state index in [1.54, 1.807) is 13.4 Å². The van der Waals surface area contributed by atoms with Gasteiger partial charge in [-0.3, -0.25) is 4.90 Å². The fraction of sp³-hybridized carbons (Fsp3) is 0.556. The molecular formula is C27H40N8O2. The van der Waals surface area contributed by atoms with E-state index in [1.807, 2.05) is 36.6 Å². The quantitative estimate of drug-likeness (QED) is 0.243. The van der Waals surface area contributed by atoms with Crippen molar-refractivity contribution >= 4 is 28.0 Å². The maximum absolute atomic E-state index is 5.92. The molecule has 0 radical (unpaired) electrons. The van der Waals surface area contributed by atoms with Crippen molar-refractivity contribution < 1.29 is 9.47 Å². The minimum Gasteiger partial charge on any atom is -0.491 e. The normalized spacial score (nSPS) is 13.0. The van der Waals surface area contributed by atoms with Crippen LogP contribution >= 0.6 is 0 Å². The number of benzene rings is 1. The number of nitrogens with one attached hydrogen (secondary N) is 1. The SMILES string of the molecule is COC(CCn1cnc2c(N)ncnc21)CN(CCCCc1nc2ccc(OC(C)C)cc2[nH]1)C(C)C. The molecule has 0 fully saturated rings. The molecule has 3 heterocycles. The van der Waals surface area contributed by atoms with Crippen molar-refractivity contribution in [2.45, 2.75) is 78.2 Å². The molecule has 0 spiro atoms. The summed E-state index contributed by atoms with van der Waals surface area (Å²) in [5.41, 5.74) is 9.34. The highest BCUT2D eigenvalue weighted by molar-refractivity contribution is 5.81. The van der Waals surface area contributed by atoms with Crippen LogP contribution in [0.1, 0.15) is 52.8 Å². The van der Waals surface area contributed by atoms with Crippen molar-refractivity contribution in [3.8, 4) is 5.75 Å². The minimum atomic E-state index is 0.108. The van der Waals surface area contributed by atoms with Gasteiger partial charge in [-0.05, 0) is 65.6 Å². The van der Waals surface area contributed by atoms with Gasteiger partial charge >= 0.3 is 0 Å². The van der Waals surface area contributed by atoms with Gasteiger partial charge in [0.2, 0.25) is 0 Å². The number of rotatable bonds is 14. The Morgan fingerprint density at radius 2 is 1.95 bits per heavy atom. The summed E-state index contributed by atoms with van der Waals surface area (Å²) in [5.74, 6) is 2.31. The van der Waals surface area contributed by atoms with Crippen LogP contribution in [-0.4, -0.2) is 72.8 Å². The lowest BCUT2D eigenvalue weighted by Crippen LogP contribution is -2.39. The largest absolute Gasteiger partial charge is 0.491 e. The van der Waals surface area contributed by atoms with E-state index in [9.17, 15) is 0 Å². The molecule has 1 atom stereocenters. The summed E-state index contributed by atoms with van der Waals surface area (Å²) in [5, 5.41) is 0. The number of unbranched alkanes of at least 4 members (excludes halogenated alkanes) is 1. The minimum absolute atomic E-state index is 0.108. The van der Waals surface area contributed by atoms with E-state index in [2.05, 4.69) is 38.7 Å². The molecule has 200 valence electrons. The van der Waals surface area contributed by atoms with Crippen molar-refractivity contribution in [1.82, 2.24) is 34.4 Å². The third-order valence-electron chi connectivity index (χ3n) is 6.61. The summed E-state index contributed by atoms with van der Waals surface area (Å²) in [7, 11) is 1.79. The van der Waals surface area contributed by atoms with Crippen LogP contribution in [0.25, 0.3) is 22.2 Å². The Labute approximate surface area is 218 Å². The summed E-state index contributed by atoms with van der Waals surface area (Å²) >= 11 is 0. The molecule has 10 nitrogen and oxygen atoms in total. The number of ether oxygens (including phenoxy) is 2. The number of aromatic nitrogens is 6. The molecule has 10 heteroatoms. The highest BCUT2D eigenvalue weighted by atomic mass is 16.5. The number of hydrogen-bond donors (Lipinski definition) is 2. The second-order valence-electron chi connectivity index (χ2n) is 10.1. The molecule has 0 saturated carbocycles. The number of H-pyrrole nitrogens is 1. The Balaban J connectivity index is 1.26. The number of nitrogens with two attached hydrogens (primary N) is 1. The van der Waals surface area contributed by atoms with Gasteiger partial charge in [-0.2, -0.15) is 0 Å². The van der Waals surface area contributed by atoms with Crippen molar-refractivity contribution in [3.05, 3.63) is 36.7 Å². The molecule has 0 bridgehead atoms. The van der Waals surface area contributed by atoms with Crippen LogP contribution < -0.4 is 10.5 Å². The van der Waals surface area contributed by atoms with E-state index in [-0.39, 0.29) is 12.2 Å². The Morgan fingerprint density at radius 3 is 2.70 bits per heavy atom. The average Bonchev–Trinajstić information content (AvgIpc) is 3.46. The van der Waals surface area contributed by atoms with E-state index >= 15 is 0 Å². The second-order valence-corrected chi connectivity index (χ2v) is 10.1. The molecule has 0 amide bonds. The van der Waals surface area contributed by atoms with Gasteiger partial charge in [-0.15, -0.1) is 0 Å². The summed E-state index contributed by atoms with van der Waals surface area (Å²) < 4.78 is 13.7. The first kappa shape index (κ1) is 26.8. The fourth-order valence-corrected chi connectivity index (χ4v) is 4.56. The molecule has 0 aliphatic heterocycles. The predicted molar refractivity (Wildman–Crippen MR) is 147 cm³/mol. The topological polar surface area (TPSA) is 120 Å². The van der Waals surface area contributed by atoms with Gasteiger partial charge in [0.25, 0.3) is 0 Å². The van der Waals surface area contributed by atoms with Crippen molar-refractivity contribution in [2.24, 2.45) is 0 Å². The Hall–Kier alpha value is -3.24. The van der Waals surface area contributed by atoms with Gasteiger partial charge < -0.3 is 24.8 Å². The first-order chi connectivity index (χ1) is 17.8. The summed E-state index contributed by atoms with van der Waals surface area (Å²) in [6.45, 7) is 11.2. The van der Waals surface area contributed by atoms with Crippen LogP contribution in [0.4, 0.5) is 5.82 Å². The maximum Gasteiger partial charge on any atom is 0.165 e. The number of aromatic amines is 1. The zero-order chi connectivity index (χ0) is 26.4. The highest BCUT2D eigenvalue weighted by Crippen LogP contribution is 2.21. The van der Waals surface area contributed by atoms with E-state index in [4.69, 9.17) is 20.2 Å². The summed E-state index contributed by atoms with van der Waals surface area (Å²) in [4.78, 5) is 23.4. The number of fused-ring (bicyclic) bond motifs is 2. The van der Waals surface area contributed by atoms with E-state index in [0.717, 1.165) is 73.6 Å². The number of aryl methyl sites for hydroxylation is 2. The van der Waals surface area contributed by atoms with E-state index < -0.39 is 0 Å². The first-order valence-corrected chi connectivity index (χ1v) is 13.2. The molecule has 37 heavy (non-hydrogen) atoms. The Kier molecular flexibility index (Phi) is 8.94. The number of imidazole rings is 2. The van der Waals surface area contributed by atoms with Crippen LogP contribution in [0, 0.1) is 0 Å². The number of hydrogen-bond acceptors (Lipinski definition) is 8. The van der Waals surface area contributed by atoms with Gasteiger partial charge in [0.05, 0.1) is 29.6 Å². The average molecular weight is 509 g/mol. The zero-order valence-electron chi connectivity index (χ0n) is 22.6. The lowest BCUT2D eigenvalue weighted by molar-refractivity contribution is 0.0447. The van der Waals surface area contributed by atoms with Crippen LogP contribution in [-0.2, 0) is 17.7 Å². The maximum atomic E-state index is 5.92. The van der Waals surface area contributed by atoms with E-state index in [0.29, 0.717) is 17.4 Å². The Morgan fingerprint density at radius 1 is 1.11 bits per heavy atom. The van der Waals surface area contributed by atoms with Crippen LogP contribution in [0.5, 0.6) is 5.75 Å². The first-order valence-electron chi connectivity index (χ1n) is 13.2. The summed E-state index contributed by atoms with van der Waals surface area (Å²) in [6.07, 6.45) is 7.46. The molecule has 4 rings (SSSR count). The standard InChI is InChI=1S/C27H40N8O2/c1-18(2)34(15-21(36-5)11-13-35-17-31-25-26(28)29-16-30-27(25)35)12-7-6-8-24-32-22-10-9-20(37-19(3)4)14-23(22)33-24/h9-10,14,16-19,21H,6-8,11-13,15H2,1-5H3,(H,32,33)(H2,28,29,30). The number of methoxy groups -OCH3 is 1. The zero-order valence-corrected chi connectivity index (χ0v) is 22.6. The third kappa shape index (κ3) is 6.95. The summed E-state index contributed by atoms with van der Waals surface area (Å²) in [6, 6.07) is 6.47. The lowest BCUT2D eigenvalue weighted by Gasteiger charge is -2.30. The van der Waals surface area contributed by atoms with E-state index in [1.165, 1.54) is 6.33 Å². The molecule has 4 aromatic rings. The van der Waals surface area contributed by atoms with Gasteiger partial charge in [0.15, 0.2) is 11.5 Å². The van der Waals surface area contributed by atoms with Crippen LogP contribution in [0.2, 0.25) is 0 Å². The molecule has 0 aliphatic rings. The molecule has 0 aliphatic carbocycles. The monoisotopic (exact) mass is 508 g/mol. The van der Waals surface area contributed by atoms with Crippen LogP contribution in [0.3, 0.4) is 0 Å². The second kappa shape index (κ2) is 12.3. The fourth-order valence-electron chi connectivity index (χ4n) is 4.56. The van der Waals surface area contributed by atoms with Crippen molar-refractivity contribution in [3.63, 3.8) is 0 Å². The van der Waals surface area contributed by atoms with Gasteiger partial charge in [0.1, 0.15) is 23.4 Å². The molecule has 3 N–H and O–H groups in total.